The number of rotatable bonds is 1. The molecule has 1 aromatic carbocycles. The Labute approximate surface area is 110 Å². The first-order valence-electron chi connectivity index (χ1n) is 5.75. The molecule has 1 aliphatic rings. The molecule has 1 aliphatic heterocycles. The average Bonchev–Trinajstić information content (AvgIpc) is 2.29. The largest absolute Gasteiger partial charge is 0.336 e. The summed E-state index contributed by atoms with van der Waals surface area (Å²) in [5, 5.41) is 0. The first-order valence-corrected chi connectivity index (χ1v) is 6.83. The molecule has 1 aromatic rings. The average molecular weight is 329 g/mol. The van der Waals surface area contributed by atoms with Gasteiger partial charge in [0.1, 0.15) is 0 Å². The van der Waals surface area contributed by atoms with E-state index in [0.717, 1.165) is 28.5 Å². The summed E-state index contributed by atoms with van der Waals surface area (Å²) < 4.78 is 1.12. The lowest BCUT2D eigenvalue weighted by molar-refractivity contribution is 0.0635. The van der Waals surface area contributed by atoms with E-state index in [2.05, 4.69) is 29.5 Å². The van der Waals surface area contributed by atoms with Gasteiger partial charge in [0.15, 0.2) is 0 Å². The molecule has 16 heavy (non-hydrogen) atoms. The van der Waals surface area contributed by atoms with Gasteiger partial charge in [-0.2, -0.15) is 0 Å². The van der Waals surface area contributed by atoms with E-state index in [4.69, 9.17) is 0 Å². The van der Waals surface area contributed by atoms with Crippen LogP contribution in [0.3, 0.4) is 0 Å². The Kier molecular flexibility index (Phi) is 3.84. The van der Waals surface area contributed by atoms with Crippen LogP contribution in [0.15, 0.2) is 24.3 Å². The minimum Gasteiger partial charge on any atom is -0.336 e. The van der Waals surface area contributed by atoms with Crippen LogP contribution in [0.5, 0.6) is 0 Å². The van der Waals surface area contributed by atoms with Gasteiger partial charge in [-0.3, -0.25) is 4.79 Å². The van der Waals surface area contributed by atoms with E-state index in [1.54, 1.807) is 0 Å². The monoisotopic (exact) mass is 329 g/mol. The number of piperidine rings is 1. The molecule has 86 valence electrons. The van der Waals surface area contributed by atoms with Gasteiger partial charge in [-0.25, -0.2) is 0 Å². The Balaban J connectivity index is 2.17. The first kappa shape index (κ1) is 11.9. The highest BCUT2D eigenvalue weighted by molar-refractivity contribution is 14.1. The molecule has 0 spiro atoms. The maximum Gasteiger partial charge on any atom is 0.254 e. The van der Waals surface area contributed by atoms with E-state index in [0.29, 0.717) is 6.04 Å². The number of amides is 1. The highest BCUT2D eigenvalue weighted by Gasteiger charge is 2.23. The third kappa shape index (κ3) is 2.56. The first-order chi connectivity index (χ1) is 7.68. The van der Waals surface area contributed by atoms with Gasteiger partial charge in [-0.1, -0.05) is 6.07 Å². The zero-order chi connectivity index (χ0) is 11.5. The van der Waals surface area contributed by atoms with Crippen molar-refractivity contribution in [2.45, 2.75) is 32.2 Å². The van der Waals surface area contributed by atoms with Crippen LogP contribution in [0.2, 0.25) is 0 Å². The fourth-order valence-electron chi connectivity index (χ4n) is 2.19. The molecule has 0 unspecified atom stereocenters. The van der Waals surface area contributed by atoms with Crippen LogP contribution in [0, 0.1) is 3.57 Å². The molecule has 2 rings (SSSR count). The molecule has 2 nitrogen and oxygen atoms in total. The Morgan fingerprint density at radius 3 is 2.94 bits per heavy atom. The number of nitrogens with zero attached hydrogens (tertiary/aromatic N) is 1. The van der Waals surface area contributed by atoms with Gasteiger partial charge in [0.2, 0.25) is 0 Å². The second kappa shape index (κ2) is 5.17. The van der Waals surface area contributed by atoms with Crippen molar-refractivity contribution in [2.75, 3.05) is 6.54 Å². The molecule has 0 N–H and O–H groups in total. The van der Waals surface area contributed by atoms with Crippen LogP contribution < -0.4 is 0 Å². The van der Waals surface area contributed by atoms with Crippen molar-refractivity contribution in [3.05, 3.63) is 33.4 Å². The number of hydrogen-bond donors (Lipinski definition) is 0. The van der Waals surface area contributed by atoms with Crippen LogP contribution >= 0.6 is 22.6 Å². The van der Waals surface area contributed by atoms with Crippen LogP contribution in [0.1, 0.15) is 36.5 Å². The van der Waals surface area contributed by atoms with Crippen molar-refractivity contribution in [1.82, 2.24) is 4.90 Å². The lowest BCUT2D eigenvalue weighted by Gasteiger charge is -2.33. The SMILES string of the molecule is C[C@H]1CCCCN1C(=O)c1cccc(I)c1. The molecular weight excluding hydrogens is 313 g/mol. The van der Waals surface area contributed by atoms with Crippen LogP contribution in [0.25, 0.3) is 0 Å². The van der Waals surface area contributed by atoms with E-state index in [9.17, 15) is 4.79 Å². The van der Waals surface area contributed by atoms with E-state index >= 15 is 0 Å². The Morgan fingerprint density at radius 2 is 2.25 bits per heavy atom. The number of halogens is 1. The van der Waals surface area contributed by atoms with Crippen molar-refractivity contribution < 1.29 is 4.79 Å². The zero-order valence-electron chi connectivity index (χ0n) is 9.45. The number of carbonyl (C=O) groups excluding carboxylic acids is 1. The van der Waals surface area contributed by atoms with Crippen molar-refractivity contribution in [3.8, 4) is 0 Å². The second-order valence-corrected chi connectivity index (χ2v) is 5.60. The van der Waals surface area contributed by atoms with Crippen LogP contribution in [-0.4, -0.2) is 23.4 Å². The van der Waals surface area contributed by atoms with Gasteiger partial charge < -0.3 is 4.90 Å². The molecule has 0 aliphatic carbocycles. The van der Waals surface area contributed by atoms with E-state index in [1.165, 1.54) is 6.42 Å². The quantitative estimate of drug-likeness (QED) is 0.724. The zero-order valence-corrected chi connectivity index (χ0v) is 11.6. The minimum absolute atomic E-state index is 0.186. The predicted molar refractivity (Wildman–Crippen MR) is 73.5 cm³/mol. The summed E-state index contributed by atoms with van der Waals surface area (Å²) in [6, 6.07) is 8.22. The van der Waals surface area contributed by atoms with Crippen molar-refractivity contribution in [1.29, 1.82) is 0 Å². The summed E-state index contributed by atoms with van der Waals surface area (Å²) in [4.78, 5) is 14.3. The molecule has 1 fully saturated rings. The molecule has 1 amide bonds. The summed E-state index contributed by atoms with van der Waals surface area (Å²) in [5.74, 6) is 0.186. The number of hydrogen-bond acceptors (Lipinski definition) is 1. The molecule has 1 saturated heterocycles. The molecule has 1 heterocycles. The molecule has 0 aromatic heterocycles. The van der Waals surface area contributed by atoms with Crippen LogP contribution in [0.4, 0.5) is 0 Å². The van der Waals surface area contributed by atoms with E-state index in [-0.39, 0.29) is 5.91 Å². The summed E-state index contributed by atoms with van der Waals surface area (Å²) in [5.41, 5.74) is 0.820. The topological polar surface area (TPSA) is 20.3 Å². The van der Waals surface area contributed by atoms with Gasteiger partial charge in [-0.05, 0) is 67.0 Å². The summed E-state index contributed by atoms with van der Waals surface area (Å²) in [6.45, 7) is 3.05. The summed E-state index contributed by atoms with van der Waals surface area (Å²) in [7, 11) is 0. The minimum atomic E-state index is 0.186. The summed E-state index contributed by atoms with van der Waals surface area (Å²) >= 11 is 2.24. The highest BCUT2D eigenvalue weighted by atomic mass is 127. The third-order valence-corrected chi connectivity index (χ3v) is 3.81. The van der Waals surface area contributed by atoms with E-state index in [1.807, 2.05) is 29.2 Å². The Bertz CT molecular complexity index is 391. The molecule has 0 radical (unpaired) electrons. The van der Waals surface area contributed by atoms with Gasteiger partial charge >= 0.3 is 0 Å². The van der Waals surface area contributed by atoms with Crippen molar-refractivity contribution in [2.24, 2.45) is 0 Å². The predicted octanol–water partition coefficient (Wildman–Crippen LogP) is 3.31. The second-order valence-electron chi connectivity index (χ2n) is 4.35. The molecule has 3 heteroatoms. The highest BCUT2D eigenvalue weighted by Crippen LogP contribution is 2.19. The Hall–Kier alpha value is -0.580. The fraction of sp³-hybridized carbons (Fsp3) is 0.462. The van der Waals surface area contributed by atoms with E-state index < -0.39 is 0 Å². The lowest BCUT2D eigenvalue weighted by atomic mass is 10.0. The number of carbonyl (C=O) groups is 1. The number of likely N-dealkylation sites (tertiary alicyclic amines) is 1. The third-order valence-electron chi connectivity index (χ3n) is 3.14. The smallest absolute Gasteiger partial charge is 0.254 e. The maximum atomic E-state index is 12.3. The van der Waals surface area contributed by atoms with Gasteiger partial charge in [0.25, 0.3) is 5.91 Å². The Morgan fingerprint density at radius 1 is 1.44 bits per heavy atom. The molecular formula is C13H16INO. The molecule has 0 bridgehead atoms. The van der Waals surface area contributed by atoms with Gasteiger partial charge in [0.05, 0.1) is 0 Å². The van der Waals surface area contributed by atoms with Crippen LogP contribution in [-0.2, 0) is 0 Å². The number of benzene rings is 1. The van der Waals surface area contributed by atoms with Crippen molar-refractivity contribution in [3.63, 3.8) is 0 Å². The normalized spacial score (nSPS) is 20.9. The van der Waals surface area contributed by atoms with Gasteiger partial charge in [-0.15, -0.1) is 0 Å². The molecule has 1 atom stereocenters. The molecule has 0 saturated carbocycles. The lowest BCUT2D eigenvalue weighted by Crippen LogP contribution is -2.42. The maximum absolute atomic E-state index is 12.3. The van der Waals surface area contributed by atoms with Gasteiger partial charge in [0, 0.05) is 21.7 Å². The fourth-order valence-corrected chi connectivity index (χ4v) is 2.73. The van der Waals surface area contributed by atoms with Crippen molar-refractivity contribution >= 4 is 28.5 Å². The standard InChI is InChI=1S/C13H16INO/c1-10-5-2-3-8-15(10)13(16)11-6-4-7-12(14)9-11/h4,6-7,9-10H,2-3,5,8H2,1H3/t10-/m0/s1. The summed E-state index contributed by atoms with van der Waals surface area (Å²) in [6.07, 6.45) is 3.52.